The molecule has 0 saturated carbocycles. The molecule has 12 heterocycles. The zero-order valence-electron chi connectivity index (χ0n) is 80.1. The molecule has 0 aromatic carbocycles. The first-order valence-electron chi connectivity index (χ1n) is 43.2. The lowest BCUT2D eigenvalue weighted by Crippen LogP contribution is -2.43. The highest BCUT2D eigenvalue weighted by Crippen LogP contribution is 2.56. The van der Waals surface area contributed by atoms with Crippen LogP contribution in [0.5, 0.6) is 0 Å². The number of fused-ring (bicyclic) bond motifs is 4. The lowest BCUT2D eigenvalue weighted by atomic mass is 9.87. The summed E-state index contributed by atoms with van der Waals surface area (Å²) in [4.78, 5) is 82.9. The van der Waals surface area contributed by atoms with Gasteiger partial charge >= 0.3 is 14.5 Å². The number of methoxy groups -OCH3 is 4. The average molecular weight is 1880 g/mol. The second-order valence-corrected chi connectivity index (χ2v) is 45.1. The summed E-state index contributed by atoms with van der Waals surface area (Å²) in [6, 6.07) is 0. The van der Waals surface area contributed by atoms with Crippen molar-refractivity contribution in [2.24, 2.45) is 21.7 Å². The van der Waals surface area contributed by atoms with Crippen molar-refractivity contribution in [3.05, 3.63) is 54.6 Å². The van der Waals surface area contributed by atoms with Gasteiger partial charge in [0.05, 0.1) is 125 Å². The fourth-order valence-electron chi connectivity index (χ4n) is 15.3. The summed E-state index contributed by atoms with van der Waals surface area (Å²) in [7, 11) is 1.97. The Hall–Kier alpha value is -6.72. The molecule has 8 aromatic rings. The zero-order valence-corrected chi connectivity index (χ0v) is 82.7. The molecule has 11 N–H and O–H groups in total. The number of imidazole rings is 4. The van der Waals surface area contributed by atoms with Gasteiger partial charge in [-0.3, -0.25) is 41.6 Å². The van der Waals surface area contributed by atoms with E-state index >= 15 is 0 Å². The summed E-state index contributed by atoms with van der Waals surface area (Å²) in [5.74, 6) is 0.850. The van der Waals surface area contributed by atoms with Gasteiger partial charge in [-0.05, 0) is 142 Å². The molecule has 4 aliphatic rings. The molecule has 18 atom stereocenters. The summed E-state index contributed by atoms with van der Waals surface area (Å²) >= 11 is 5.37. The normalized spacial score (nSPS) is 25.4. The van der Waals surface area contributed by atoms with Gasteiger partial charge in [0.2, 0.25) is 5.95 Å². The van der Waals surface area contributed by atoms with Crippen molar-refractivity contribution >= 4 is 94.4 Å². The van der Waals surface area contributed by atoms with Crippen molar-refractivity contribution in [3.8, 4) is 0 Å². The van der Waals surface area contributed by atoms with Crippen molar-refractivity contribution in [2.45, 2.75) is 312 Å². The fraction of sp³-hybridized carbons (Fsp3) is 0.762. The Morgan fingerprint density at radius 2 is 0.659 bits per heavy atom. The van der Waals surface area contributed by atoms with Gasteiger partial charge in [-0.2, -0.15) is 4.98 Å². The molecule has 726 valence electrons. The summed E-state index contributed by atoms with van der Waals surface area (Å²) in [5, 5.41) is 0. The molecule has 129 heavy (non-hydrogen) atoms. The molecule has 0 aliphatic carbocycles. The van der Waals surface area contributed by atoms with E-state index in [-0.39, 0.29) is 94.1 Å². The zero-order chi connectivity index (χ0) is 95.7. The molecule has 8 aromatic heterocycles. The highest BCUT2D eigenvalue weighted by molar-refractivity contribution is 8.07. The Bertz CT molecular complexity index is 4900. The quantitative estimate of drug-likeness (QED) is 0.0152. The van der Waals surface area contributed by atoms with Crippen LogP contribution in [0.4, 0.5) is 23.4 Å². The van der Waals surface area contributed by atoms with E-state index in [0.29, 0.717) is 97.4 Å². The van der Waals surface area contributed by atoms with E-state index in [9.17, 15) is 19.1 Å². The van der Waals surface area contributed by atoms with Gasteiger partial charge in [-0.25, -0.2) is 54.4 Å². The van der Waals surface area contributed by atoms with Crippen LogP contribution < -0.4 is 28.5 Å². The molecule has 4 saturated heterocycles. The maximum Gasteiger partial charge on any atom is 0.473 e. The van der Waals surface area contributed by atoms with E-state index in [1.54, 1.807) is 75.6 Å². The number of rotatable bonds is 32. The van der Waals surface area contributed by atoms with Crippen LogP contribution in [0.2, 0.25) is 0 Å². The molecular weight excluding hydrogens is 1740 g/mol. The molecule has 6 unspecified atom stereocenters. The Morgan fingerprint density at radius 3 is 0.946 bits per heavy atom. The van der Waals surface area contributed by atoms with E-state index in [0.717, 1.165) is 12.8 Å². The maximum absolute atomic E-state index is 12.9. The van der Waals surface area contributed by atoms with E-state index < -0.39 is 105 Å². The second-order valence-electron chi connectivity index (χ2n) is 41.0. The first-order valence-corrected chi connectivity index (χ1v) is 47.2. The van der Waals surface area contributed by atoms with Gasteiger partial charge in [0, 0.05) is 28.4 Å². The standard InChI is InChI=1S/C21H36N5O7P.C21H36N5O6PS.C21H35N5O5.C21H35N5O4/c1-20(2,3)10-13-15(32-34(27,28)33-21(4,5)6)16(30-9-8-29-7)19(31-13)26-12-25-14-17(22)23-11-24-18(14)26;1-20(2,3)10-13-15(31-33(27,34)32-21(4,5)6)16(29-9-8-28-7)19(30-13)26-12-25-14-17(22)23-11-24-18(14)26;1-20(2,3)10-12-14(31-21(4,5)6)15(29-9-8-28-7)18(30-12)26-11-23-13-16(26)24-19(22)25-17(13)27;1-20(2,3)10-13-15(30-21(4,5)6)16(28-9-8-27-7)19(29-13)26-12-25-14-17(22)23-11-24-18(14)26/h11-13,15-16,19H,8-10H2,1-7H3,(H,27,28)(H2,22,23,24);11-13,15-16,19H,8-10H2,1-7H3,(H,27,34)(H2,22,23,24);11-12,14-15,18H,8-10H2,1-7H3,(H3,22,24,25,27);11-13,15-16,19H,8-10H2,1-7H3,(H2,22,23,24)/t13-,15+,16?,19-;13-,15+,16?,19-,33?;12-,14+,15?,18-;13-,15+,16?,19-/m1111/s1. The number of hydrogen-bond donors (Lipinski definition) is 7. The highest BCUT2D eigenvalue weighted by atomic mass is 32.5. The van der Waals surface area contributed by atoms with Gasteiger partial charge in [-0.1, -0.05) is 83.1 Å². The van der Waals surface area contributed by atoms with Crippen LogP contribution in [0.15, 0.2) is 49.1 Å². The number of hydrogen-bond acceptors (Lipinski definition) is 36. The molecule has 42 nitrogen and oxygen atoms in total. The van der Waals surface area contributed by atoms with Gasteiger partial charge in [-0.15, -0.1) is 0 Å². The average Bonchev–Trinajstić information content (AvgIpc) is 1.66. The molecule has 4 aliphatic heterocycles. The number of nitrogens with zero attached hydrogens (tertiary/aromatic N) is 15. The number of phosphoric acid groups is 1. The van der Waals surface area contributed by atoms with Gasteiger partial charge in [0.25, 0.3) is 5.56 Å². The minimum absolute atomic E-state index is 0.00691. The molecule has 4 fully saturated rings. The van der Waals surface area contributed by atoms with E-state index in [1.165, 1.54) is 31.6 Å². The Kier molecular flexibility index (Phi) is 35.6. The third-order valence-electron chi connectivity index (χ3n) is 19.8. The molecule has 0 radical (unpaired) electrons. The predicted molar refractivity (Wildman–Crippen MR) is 487 cm³/mol. The minimum atomic E-state index is -4.46. The van der Waals surface area contributed by atoms with Crippen LogP contribution >= 0.6 is 14.5 Å². The number of aromatic nitrogens is 16. The molecule has 45 heteroatoms. The smallest absolute Gasteiger partial charge is 0.382 e. The van der Waals surface area contributed by atoms with E-state index in [2.05, 4.69) is 122 Å². The number of anilines is 4. The van der Waals surface area contributed by atoms with Crippen molar-refractivity contribution in [1.29, 1.82) is 0 Å². The number of nitrogens with two attached hydrogens (primary N) is 4. The number of nitrogen functional groups attached to an aromatic ring is 4. The summed E-state index contributed by atoms with van der Waals surface area (Å²) in [5.41, 5.74) is 24.3. The van der Waals surface area contributed by atoms with Crippen molar-refractivity contribution in [1.82, 2.24) is 78.1 Å². The number of aromatic amines is 1. The number of phosphoric ester groups is 1. The lowest BCUT2D eigenvalue weighted by Gasteiger charge is -2.33. The molecule has 12 rings (SSSR count). The van der Waals surface area contributed by atoms with Gasteiger partial charge in [0.15, 0.2) is 70.5 Å². The van der Waals surface area contributed by atoms with Crippen LogP contribution in [0.25, 0.3) is 44.7 Å². The predicted octanol–water partition coefficient (Wildman–Crippen LogP) is 11.5. The largest absolute Gasteiger partial charge is 0.473 e. The molecule has 0 spiro atoms. The summed E-state index contributed by atoms with van der Waals surface area (Å²) in [6.07, 6.45) is 4.82. The first kappa shape index (κ1) is 106. The van der Waals surface area contributed by atoms with Crippen LogP contribution in [-0.4, -0.2) is 265 Å². The first-order chi connectivity index (χ1) is 59.8. The Labute approximate surface area is 760 Å². The van der Waals surface area contributed by atoms with Crippen LogP contribution in [0.3, 0.4) is 0 Å². The molecule has 0 bridgehead atoms. The maximum atomic E-state index is 12.9. The Balaban J connectivity index is 0.000000194. The monoisotopic (exact) mass is 1880 g/mol. The number of ether oxygens (including phenoxy) is 14. The topological polar surface area (TPSA) is 522 Å². The number of nitrogens with one attached hydrogen (secondary N) is 1. The van der Waals surface area contributed by atoms with Gasteiger partial charge in [0.1, 0.15) is 84.4 Å². The van der Waals surface area contributed by atoms with E-state index in [1.807, 2.05) is 87.7 Å². The molecular formula is C84H142N20O22P2S. The lowest BCUT2D eigenvalue weighted by molar-refractivity contribution is -0.134. The summed E-state index contributed by atoms with van der Waals surface area (Å²) < 4.78 is 127. The second kappa shape index (κ2) is 43.3. The third-order valence-corrected chi connectivity index (χ3v) is 22.8. The highest BCUT2D eigenvalue weighted by Gasteiger charge is 2.56. The van der Waals surface area contributed by atoms with E-state index in [4.69, 9.17) is 119 Å². The minimum Gasteiger partial charge on any atom is -0.382 e. The van der Waals surface area contributed by atoms with Crippen molar-refractivity contribution < 1.29 is 98.8 Å². The van der Waals surface area contributed by atoms with Crippen LogP contribution in [0.1, 0.15) is 217 Å². The number of H-pyrrole nitrogens is 1. The summed E-state index contributed by atoms with van der Waals surface area (Å²) in [6.45, 7) is 47.4. The van der Waals surface area contributed by atoms with Crippen LogP contribution in [0, 0.1) is 21.7 Å². The SMILES string of the molecule is COCCOC1[C@@H](OC(C)(C)C)[C@@H](CC(C)(C)C)O[C@H]1n1cnc2c(=O)[nH]c(N)nc21.COCCOC1[C@@H](OC(C)(C)C)[C@@H](CC(C)(C)C)O[C@H]1n1cnc2c(N)ncnc21.COCCOC1[C@@H](OP(=O)(O)OC(C)(C)C)[C@@H](CC(C)(C)C)O[C@H]1n1cnc2c(N)ncnc21.COCCOC1[C@@H](OP(O)(=S)OC(C)(C)C)[C@@H](CC(C)(C)C)O[C@H]1n1cnc2c(N)ncnc21. The van der Waals surface area contributed by atoms with Crippen molar-refractivity contribution in [2.75, 3.05) is 104 Å². The fourth-order valence-corrected chi connectivity index (χ4v) is 18.8. The van der Waals surface area contributed by atoms with Gasteiger partial charge < -0.3 is 104 Å². The molecule has 0 amide bonds. The van der Waals surface area contributed by atoms with Crippen LogP contribution in [-0.2, 0) is 101 Å². The Morgan fingerprint density at radius 1 is 0.380 bits per heavy atom. The third kappa shape index (κ3) is 30.1. The van der Waals surface area contributed by atoms with Crippen molar-refractivity contribution in [3.63, 3.8) is 0 Å².